The molecule has 0 aliphatic heterocycles. The second-order valence-electron chi connectivity index (χ2n) is 5.40. The topological polar surface area (TPSA) is 58.2 Å². The van der Waals surface area contributed by atoms with Crippen molar-refractivity contribution in [2.45, 2.75) is 26.8 Å². The molecule has 4 nitrogen and oxygen atoms in total. The molecule has 1 amide bonds. The lowest BCUT2D eigenvalue weighted by molar-refractivity contribution is -0.116. The van der Waals surface area contributed by atoms with Crippen LogP contribution in [-0.4, -0.2) is 17.7 Å². The fourth-order valence-corrected chi connectivity index (χ4v) is 2.28. The highest BCUT2D eigenvalue weighted by Gasteiger charge is 2.14. The van der Waals surface area contributed by atoms with Gasteiger partial charge in [-0.1, -0.05) is 17.7 Å². The van der Waals surface area contributed by atoms with Gasteiger partial charge in [0, 0.05) is 22.0 Å². The van der Waals surface area contributed by atoms with Crippen molar-refractivity contribution in [3.8, 4) is 0 Å². The van der Waals surface area contributed by atoms with E-state index >= 15 is 0 Å². The van der Waals surface area contributed by atoms with Crippen LogP contribution in [0.5, 0.6) is 0 Å². The largest absolute Gasteiger partial charge is 0.374 e. The lowest BCUT2D eigenvalue weighted by Crippen LogP contribution is -2.32. The second-order valence-corrected chi connectivity index (χ2v) is 5.81. The minimum absolute atomic E-state index is 0.00524. The van der Waals surface area contributed by atoms with Crippen molar-refractivity contribution in [3.63, 3.8) is 0 Å². The van der Waals surface area contributed by atoms with Crippen LogP contribution in [0.3, 0.4) is 0 Å². The summed E-state index contributed by atoms with van der Waals surface area (Å²) in [6, 6.07) is 11.9. The molecular formula is C18H19ClN2O2. The lowest BCUT2D eigenvalue weighted by atomic mass is 10.1. The van der Waals surface area contributed by atoms with Crippen molar-refractivity contribution >= 4 is 34.7 Å². The van der Waals surface area contributed by atoms with Gasteiger partial charge in [0.1, 0.15) is 6.04 Å². The molecule has 0 heterocycles. The minimum atomic E-state index is -0.431. The third kappa shape index (κ3) is 4.33. The number of hydrogen-bond acceptors (Lipinski definition) is 3. The Morgan fingerprint density at radius 2 is 1.74 bits per heavy atom. The number of ketones is 1. The summed E-state index contributed by atoms with van der Waals surface area (Å²) in [5, 5.41) is 6.62. The molecule has 2 aromatic rings. The van der Waals surface area contributed by atoms with Gasteiger partial charge in [-0.3, -0.25) is 9.59 Å². The summed E-state index contributed by atoms with van der Waals surface area (Å²) in [5.41, 5.74) is 2.99. The Balaban J connectivity index is 2.02. The molecule has 0 saturated heterocycles. The summed E-state index contributed by atoms with van der Waals surface area (Å²) in [7, 11) is 0. The Morgan fingerprint density at radius 1 is 1.09 bits per heavy atom. The fraction of sp³-hybridized carbons (Fsp3) is 0.222. The fourth-order valence-electron chi connectivity index (χ4n) is 2.10. The normalized spacial score (nSPS) is 11.7. The number of halogens is 1. The van der Waals surface area contributed by atoms with Crippen molar-refractivity contribution in [2.24, 2.45) is 0 Å². The van der Waals surface area contributed by atoms with E-state index in [0.717, 1.165) is 11.3 Å². The molecule has 2 rings (SSSR count). The first-order valence-electron chi connectivity index (χ1n) is 7.32. The Hall–Kier alpha value is -2.33. The van der Waals surface area contributed by atoms with Gasteiger partial charge < -0.3 is 10.6 Å². The number of hydrogen-bond donors (Lipinski definition) is 2. The lowest BCUT2D eigenvalue weighted by Gasteiger charge is -2.17. The van der Waals surface area contributed by atoms with E-state index in [4.69, 9.17) is 11.6 Å². The van der Waals surface area contributed by atoms with Crippen LogP contribution in [0.2, 0.25) is 5.02 Å². The monoisotopic (exact) mass is 330 g/mol. The maximum Gasteiger partial charge on any atom is 0.246 e. The van der Waals surface area contributed by atoms with Gasteiger partial charge >= 0.3 is 0 Å². The molecule has 23 heavy (non-hydrogen) atoms. The molecule has 0 radical (unpaired) electrons. The highest BCUT2D eigenvalue weighted by Crippen LogP contribution is 2.23. The standard InChI is InChI=1S/C18H19ClN2O2/c1-11-16(19)5-4-6-17(11)20-12(2)18(23)21-15-9-7-14(8-10-15)13(3)22/h4-10,12,20H,1-3H3,(H,21,23)/t12-/m1/s1. The van der Waals surface area contributed by atoms with Crippen LogP contribution in [0.25, 0.3) is 0 Å². The number of carbonyl (C=O) groups is 2. The highest BCUT2D eigenvalue weighted by molar-refractivity contribution is 6.31. The number of anilines is 2. The van der Waals surface area contributed by atoms with E-state index in [0.29, 0.717) is 16.3 Å². The zero-order chi connectivity index (χ0) is 17.0. The van der Waals surface area contributed by atoms with Crippen molar-refractivity contribution in [3.05, 3.63) is 58.6 Å². The predicted molar refractivity (Wildman–Crippen MR) is 94.3 cm³/mol. The van der Waals surface area contributed by atoms with Crippen molar-refractivity contribution in [2.75, 3.05) is 10.6 Å². The minimum Gasteiger partial charge on any atom is -0.374 e. The van der Waals surface area contributed by atoms with Crippen LogP contribution in [-0.2, 0) is 4.79 Å². The first-order chi connectivity index (χ1) is 10.9. The molecule has 0 bridgehead atoms. The van der Waals surface area contributed by atoms with E-state index in [-0.39, 0.29) is 11.7 Å². The average Bonchev–Trinajstić information content (AvgIpc) is 2.52. The van der Waals surface area contributed by atoms with E-state index in [9.17, 15) is 9.59 Å². The van der Waals surface area contributed by atoms with Crippen LogP contribution in [0.1, 0.15) is 29.8 Å². The molecule has 5 heteroatoms. The Morgan fingerprint density at radius 3 is 2.35 bits per heavy atom. The van der Waals surface area contributed by atoms with Gasteiger partial charge in [0.15, 0.2) is 5.78 Å². The zero-order valence-corrected chi connectivity index (χ0v) is 14.1. The first kappa shape index (κ1) is 17.0. The number of rotatable bonds is 5. The van der Waals surface area contributed by atoms with Crippen molar-refractivity contribution in [1.29, 1.82) is 0 Å². The zero-order valence-electron chi connectivity index (χ0n) is 13.3. The van der Waals surface area contributed by atoms with E-state index in [2.05, 4.69) is 10.6 Å². The van der Waals surface area contributed by atoms with E-state index < -0.39 is 6.04 Å². The third-order valence-corrected chi connectivity index (χ3v) is 4.00. The Bertz CT molecular complexity index is 726. The smallest absolute Gasteiger partial charge is 0.246 e. The maximum absolute atomic E-state index is 12.3. The summed E-state index contributed by atoms with van der Waals surface area (Å²) >= 11 is 6.08. The van der Waals surface area contributed by atoms with Crippen LogP contribution in [0, 0.1) is 6.92 Å². The van der Waals surface area contributed by atoms with Crippen LogP contribution in [0.15, 0.2) is 42.5 Å². The van der Waals surface area contributed by atoms with Crippen molar-refractivity contribution in [1.82, 2.24) is 0 Å². The number of nitrogens with one attached hydrogen (secondary N) is 2. The molecular weight excluding hydrogens is 312 g/mol. The molecule has 2 N–H and O–H groups in total. The first-order valence-corrected chi connectivity index (χ1v) is 7.70. The number of Topliss-reactive ketones (excluding diaryl/α,β-unsaturated/α-hetero) is 1. The third-order valence-electron chi connectivity index (χ3n) is 3.59. The molecule has 0 aromatic heterocycles. The van der Waals surface area contributed by atoms with Crippen LogP contribution >= 0.6 is 11.6 Å². The second kappa shape index (κ2) is 7.29. The molecule has 0 fully saturated rings. The number of amides is 1. The quantitative estimate of drug-likeness (QED) is 0.804. The van der Waals surface area contributed by atoms with Gasteiger partial charge in [-0.2, -0.15) is 0 Å². The van der Waals surface area contributed by atoms with Gasteiger partial charge in [-0.15, -0.1) is 0 Å². The SMILES string of the molecule is CC(=O)c1ccc(NC(=O)[C@@H](C)Nc2cccc(Cl)c2C)cc1. The Kier molecular flexibility index (Phi) is 5.40. The molecule has 0 saturated carbocycles. The summed E-state index contributed by atoms with van der Waals surface area (Å²) in [4.78, 5) is 23.5. The molecule has 0 unspecified atom stereocenters. The average molecular weight is 331 g/mol. The van der Waals surface area contributed by atoms with Gasteiger partial charge in [0.05, 0.1) is 0 Å². The Labute approximate surface area is 140 Å². The highest BCUT2D eigenvalue weighted by atomic mass is 35.5. The number of carbonyl (C=O) groups excluding carboxylic acids is 2. The summed E-state index contributed by atoms with van der Waals surface area (Å²) in [6.07, 6.45) is 0. The predicted octanol–water partition coefficient (Wildman–Crippen LogP) is 4.29. The molecule has 0 aliphatic carbocycles. The molecule has 1 atom stereocenters. The molecule has 120 valence electrons. The summed E-state index contributed by atoms with van der Waals surface area (Å²) in [6.45, 7) is 5.18. The molecule has 2 aromatic carbocycles. The van der Waals surface area contributed by atoms with Crippen LogP contribution < -0.4 is 10.6 Å². The van der Waals surface area contributed by atoms with E-state index in [1.54, 1.807) is 31.2 Å². The molecule has 0 aliphatic rings. The summed E-state index contributed by atoms with van der Waals surface area (Å²) in [5.74, 6) is -0.172. The number of benzene rings is 2. The van der Waals surface area contributed by atoms with Gasteiger partial charge in [-0.25, -0.2) is 0 Å². The maximum atomic E-state index is 12.3. The van der Waals surface area contributed by atoms with E-state index in [1.807, 2.05) is 25.1 Å². The van der Waals surface area contributed by atoms with Gasteiger partial charge in [0.2, 0.25) is 5.91 Å². The van der Waals surface area contributed by atoms with Crippen LogP contribution in [0.4, 0.5) is 11.4 Å². The van der Waals surface area contributed by atoms with Gasteiger partial charge in [0.25, 0.3) is 0 Å². The summed E-state index contributed by atoms with van der Waals surface area (Å²) < 4.78 is 0. The van der Waals surface area contributed by atoms with Crippen molar-refractivity contribution < 1.29 is 9.59 Å². The van der Waals surface area contributed by atoms with Gasteiger partial charge in [-0.05, 0) is 62.7 Å². The van der Waals surface area contributed by atoms with E-state index in [1.165, 1.54) is 6.92 Å². The molecule has 0 spiro atoms.